The van der Waals surface area contributed by atoms with Crippen molar-refractivity contribution in [3.05, 3.63) is 337 Å². The van der Waals surface area contributed by atoms with Crippen molar-refractivity contribution in [2.45, 2.75) is 19.3 Å². The molecule has 0 saturated carbocycles. The van der Waals surface area contributed by atoms with Crippen LogP contribution in [0.3, 0.4) is 0 Å². The summed E-state index contributed by atoms with van der Waals surface area (Å²) in [6, 6.07) is 112. The summed E-state index contributed by atoms with van der Waals surface area (Å²) in [5.41, 5.74) is 23.6. The van der Waals surface area contributed by atoms with E-state index in [1.54, 1.807) is 0 Å². The van der Waals surface area contributed by atoms with E-state index < -0.39 is 5.41 Å². The van der Waals surface area contributed by atoms with Crippen molar-refractivity contribution in [1.82, 2.24) is 0 Å². The third kappa shape index (κ3) is 7.70. The van der Waals surface area contributed by atoms with Crippen molar-refractivity contribution in [2.24, 2.45) is 0 Å². The van der Waals surface area contributed by atoms with Gasteiger partial charge in [-0.1, -0.05) is 243 Å². The first kappa shape index (κ1) is 47.9. The van der Waals surface area contributed by atoms with Crippen LogP contribution >= 0.6 is 0 Å². The van der Waals surface area contributed by atoms with Gasteiger partial charge in [-0.3, -0.25) is 0 Å². The van der Waals surface area contributed by atoms with Crippen LogP contribution in [-0.2, 0) is 5.41 Å². The molecule has 1 aliphatic carbocycles. The quantitative estimate of drug-likeness (QED) is 0.119. The standard InChI is InChI=1S/C79H56N2/c1-53-23-9-11-33-63(53)65-35-14-15-37-67(65)66-36-13-12-34-64(66)57-25-21-31-61(51-57)80(59-27-5-3-6-28-59)75-49-45-55-44-48-71-76(50-46-56-43-47-70(75)77(55)78(56)71)81(60-29-7-4-8-30-60)62-32-22-26-58(52-62)79(72-40-18-10-24-54(72)2)73-41-19-16-38-68(73)69-39-17-20-42-74(69)79/h3-52H,1-2H3. The monoisotopic (exact) mass is 1030 g/mol. The third-order valence-electron chi connectivity index (χ3n) is 17.2. The van der Waals surface area contributed by atoms with Gasteiger partial charge in [-0.05, 0) is 174 Å². The summed E-state index contributed by atoms with van der Waals surface area (Å²) in [6.45, 7) is 4.47. The van der Waals surface area contributed by atoms with Gasteiger partial charge in [0, 0.05) is 33.5 Å². The van der Waals surface area contributed by atoms with Gasteiger partial charge < -0.3 is 9.80 Å². The molecule has 0 amide bonds. The second-order valence-electron chi connectivity index (χ2n) is 21.6. The van der Waals surface area contributed by atoms with E-state index >= 15 is 0 Å². The van der Waals surface area contributed by atoms with E-state index in [1.165, 1.54) is 105 Å². The van der Waals surface area contributed by atoms with E-state index in [4.69, 9.17) is 0 Å². The predicted octanol–water partition coefficient (Wildman–Crippen LogP) is 21.5. The Morgan fingerprint density at radius 3 is 1.20 bits per heavy atom. The number of hydrogen-bond donors (Lipinski definition) is 0. The number of aryl methyl sites for hydroxylation is 2. The fourth-order valence-electron chi connectivity index (χ4n) is 13.6. The van der Waals surface area contributed by atoms with E-state index in [1.807, 2.05) is 0 Å². The van der Waals surface area contributed by atoms with Crippen LogP contribution < -0.4 is 9.80 Å². The second-order valence-corrected chi connectivity index (χ2v) is 21.6. The molecule has 0 aliphatic heterocycles. The zero-order chi connectivity index (χ0) is 54.0. The molecule has 0 unspecified atom stereocenters. The van der Waals surface area contributed by atoms with Crippen molar-refractivity contribution in [3.63, 3.8) is 0 Å². The van der Waals surface area contributed by atoms with E-state index in [0.717, 1.165) is 39.7 Å². The summed E-state index contributed by atoms with van der Waals surface area (Å²) in [5.74, 6) is 0. The first-order valence-corrected chi connectivity index (χ1v) is 28.2. The van der Waals surface area contributed by atoms with E-state index in [2.05, 4.69) is 327 Å². The molecule has 1 aliphatic rings. The number of para-hydroxylation sites is 2. The van der Waals surface area contributed by atoms with Crippen molar-refractivity contribution >= 4 is 66.4 Å². The largest absolute Gasteiger partial charge is 0.310 e. The molecule has 0 saturated heterocycles. The molecule has 15 rings (SSSR count). The molecule has 14 aromatic carbocycles. The molecule has 0 atom stereocenters. The fraction of sp³-hybridized carbons (Fsp3) is 0.0380. The van der Waals surface area contributed by atoms with Crippen LogP contribution in [0.2, 0.25) is 0 Å². The highest BCUT2D eigenvalue weighted by molar-refractivity contribution is 6.28. The van der Waals surface area contributed by atoms with Crippen molar-refractivity contribution in [2.75, 3.05) is 9.80 Å². The average Bonchev–Trinajstić information content (AvgIpc) is 3.82. The molecular weight excluding hydrogens is 977 g/mol. The van der Waals surface area contributed by atoms with Gasteiger partial charge in [-0.2, -0.15) is 0 Å². The smallest absolute Gasteiger partial charge is 0.0716 e. The summed E-state index contributed by atoms with van der Waals surface area (Å²) in [4.78, 5) is 4.93. The van der Waals surface area contributed by atoms with Crippen LogP contribution in [0.25, 0.3) is 76.8 Å². The predicted molar refractivity (Wildman–Crippen MR) is 343 cm³/mol. The van der Waals surface area contributed by atoms with E-state index in [0.29, 0.717) is 0 Å². The SMILES string of the molecule is Cc1ccccc1-c1ccccc1-c1ccccc1-c1cccc(N(c2ccccc2)c2ccc3ccc4c(N(c5ccccc5)c5cccc(C6(c7ccccc7C)c7ccccc7-c7ccccc76)c5)ccc5ccc2c3c54)c1. The zero-order valence-corrected chi connectivity index (χ0v) is 45.3. The molecule has 0 aromatic heterocycles. The second kappa shape index (κ2) is 19.6. The van der Waals surface area contributed by atoms with Crippen LogP contribution in [0.15, 0.2) is 303 Å². The molecule has 2 nitrogen and oxygen atoms in total. The summed E-state index contributed by atoms with van der Waals surface area (Å²) >= 11 is 0. The maximum Gasteiger partial charge on any atom is 0.0716 e. The first-order chi connectivity index (χ1) is 40.0. The molecule has 0 spiro atoms. The Balaban J connectivity index is 0.905. The summed E-state index contributed by atoms with van der Waals surface area (Å²) in [5, 5.41) is 7.30. The number of anilines is 6. The molecule has 81 heavy (non-hydrogen) atoms. The van der Waals surface area contributed by atoms with Crippen LogP contribution in [0, 0.1) is 13.8 Å². The van der Waals surface area contributed by atoms with Gasteiger partial charge >= 0.3 is 0 Å². The molecule has 0 fully saturated rings. The third-order valence-corrected chi connectivity index (χ3v) is 17.2. The minimum absolute atomic E-state index is 0.545. The van der Waals surface area contributed by atoms with Crippen molar-refractivity contribution in [1.29, 1.82) is 0 Å². The Morgan fingerprint density at radius 2 is 0.654 bits per heavy atom. The molecule has 0 N–H and O–H groups in total. The molecule has 0 bridgehead atoms. The summed E-state index contributed by atoms with van der Waals surface area (Å²) in [7, 11) is 0. The highest BCUT2D eigenvalue weighted by Crippen LogP contribution is 2.58. The summed E-state index contributed by atoms with van der Waals surface area (Å²) < 4.78 is 0. The van der Waals surface area contributed by atoms with Gasteiger partial charge in [0.25, 0.3) is 0 Å². The van der Waals surface area contributed by atoms with Crippen LogP contribution in [-0.4, -0.2) is 0 Å². The van der Waals surface area contributed by atoms with Gasteiger partial charge in [0.1, 0.15) is 0 Å². The highest BCUT2D eigenvalue weighted by Gasteiger charge is 2.47. The average molecular weight is 1030 g/mol. The van der Waals surface area contributed by atoms with Crippen molar-refractivity contribution < 1.29 is 0 Å². The molecule has 0 heterocycles. The fourth-order valence-corrected chi connectivity index (χ4v) is 13.6. The maximum atomic E-state index is 2.48. The van der Waals surface area contributed by atoms with Gasteiger partial charge in [0.15, 0.2) is 0 Å². The molecule has 14 aromatic rings. The molecule has 2 heteroatoms. The van der Waals surface area contributed by atoms with Gasteiger partial charge in [-0.25, -0.2) is 0 Å². The first-order valence-electron chi connectivity index (χ1n) is 28.2. The molecular formula is C79H56N2. The Kier molecular flexibility index (Phi) is 11.6. The zero-order valence-electron chi connectivity index (χ0n) is 45.3. The van der Waals surface area contributed by atoms with E-state index in [-0.39, 0.29) is 0 Å². The Bertz CT molecular complexity index is 4640. The molecule has 0 radical (unpaired) electrons. The lowest BCUT2D eigenvalue weighted by Crippen LogP contribution is -2.29. The maximum absolute atomic E-state index is 2.48. The highest BCUT2D eigenvalue weighted by atomic mass is 15.1. The van der Waals surface area contributed by atoms with Gasteiger partial charge in [0.05, 0.1) is 16.8 Å². The lowest BCUT2D eigenvalue weighted by atomic mass is 9.66. The van der Waals surface area contributed by atoms with Gasteiger partial charge in [-0.15, -0.1) is 0 Å². The summed E-state index contributed by atoms with van der Waals surface area (Å²) in [6.07, 6.45) is 0. The number of fused-ring (bicyclic) bond motifs is 3. The topological polar surface area (TPSA) is 6.48 Å². The lowest BCUT2D eigenvalue weighted by molar-refractivity contribution is 0.761. The Hall–Kier alpha value is -10.3. The minimum atomic E-state index is -0.545. The van der Waals surface area contributed by atoms with Crippen LogP contribution in [0.4, 0.5) is 34.1 Å². The number of benzene rings is 14. The lowest BCUT2D eigenvalue weighted by Gasteiger charge is -2.36. The van der Waals surface area contributed by atoms with Crippen molar-refractivity contribution in [3.8, 4) is 44.5 Å². The van der Waals surface area contributed by atoms with Gasteiger partial charge in [0.2, 0.25) is 0 Å². The minimum Gasteiger partial charge on any atom is -0.310 e. The Morgan fingerprint density at radius 1 is 0.259 bits per heavy atom. The number of hydrogen-bond acceptors (Lipinski definition) is 2. The normalized spacial score (nSPS) is 12.4. The number of nitrogens with zero attached hydrogens (tertiary/aromatic N) is 2. The number of rotatable bonds is 11. The van der Waals surface area contributed by atoms with Crippen LogP contribution in [0.5, 0.6) is 0 Å². The molecule has 382 valence electrons. The Labute approximate surface area is 474 Å². The van der Waals surface area contributed by atoms with Crippen LogP contribution in [0.1, 0.15) is 33.4 Å². The van der Waals surface area contributed by atoms with E-state index in [9.17, 15) is 0 Å².